The van der Waals surface area contributed by atoms with Gasteiger partial charge in [0.15, 0.2) is 5.69 Å². The molecule has 5 heteroatoms. The Hall–Kier alpha value is -2.14. The van der Waals surface area contributed by atoms with Crippen LogP contribution in [0.3, 0.4) is 0 Å². The third kappa shape index (κ3) is 2.69. The number of thiophene rings is 1. The second-order valence-electron chi connectivity index (χ2n) is 5.02. The summed E-state index contributed by atoms with van der Waals surface area (Å²) < 4.78 is 0. The van der Waals surface area contributed by atoms with E-state index in [1.807, 2.05) is 54.5 Å². The normalized spacial score (nSPS) is 11.0. The van der Waals surface area contributed by atoms with Gasteiger partial charge in [-0.3, -0.25) is 9.89 Å². The Balaban J connectivity index is 1.93. The topological polar surface area (TPSA) is 49.0 Å². The minimum atomic E-state index is -0.0252. The van der Waals surface area contributed by atoms with Crippen molar-refractivity contribution in [2.75, 3.05) is 6.54 Å². The van der Waals surface area contributed by atoms with E-state index in [4.69, 9.17) is 0 Å². The van der Waals surface area contributed by atoms with Crippen molar-refractivity contribution in [1.29, 1.82) is 0 Å². The Labute approximate surface area is 127 Å². The van der Waals surface area contributed by atoms with Crippen LogP contribution in [-0.4, -0.2) is 27.5 Å². The number of H-pyrrole nitrogens is 1. The van der Waals surface area contributed by atoms with Crippen molar-refractivity contribution >= 4 is 28.1 Å². The smallest absolute Gasteiger partial charge is 0.275 e. The van der Waals surface area contributed by atoms with Gasteiger partial charge in [-0.2, -0.15) is 5.10 Å². The molecule has 0 bridgehead atoms. The number of aromatic nitrogens is 2. The van der Waals surface area contributed by atoms with Crippen molar-refractivity contribution in [3.8, 4) is 0 Å². The third-order valence-corrected chi connectivity index (χ3v) is 4.38. The summed E-state index contributed by atoms with van der Waals surface area (Å²) in [5.74, 6) is -0.0252. The predicted molar refractivity (Wildman–Crippen MR) is 85.6 cm³/mol. The van der Waals surface area contributed by atoms with E-state index < -0.39 is 0 Å². The van der Waals surface area contributed by atoms with Crippen LogP contribution < -0.4 is 0 Å². The summed E-state index contributed by atoms with van der Waals surface area (Å²) in [7, 11) is 0. The number of carbonyl (C=O) groups excluding carboxylic acids is 1. The van der Waals surface area contributed by atoms with Crippen LogP contribution in [0.5, 0.6) is 0 Å². The van der Waals surface area contributed by atoms with Crippen molar-refractivity contribution in [3.63, 3.8) is 0 Å². The van der Waals surface area contributed by atoms with Crippen LogP contribution in [0.1, 0.15) is 27.9 Å². The Kier molecular flexibility index (Phi) is 3.75. The summed E-state index contributed by atoms with van der Waals surface area (Å²) in [5, 5.41) is 10.1. The molecule has 1 amide bonds. The van der Waals surface area contributed by atoms with Crippen LogP contribution in [-0.2, 0) is 6.54 Å². The minimum Gasteiger partial charge on any atom is -0.332 e. The van der Waals surface area contributed by atoms with Crippen molar-refractivity contribution in [2.45, 2.75) is 20.4 Å². The number of hydrogen-bond donors (Lipinski definition) is 1. The first kappa shape index (κ1) is 13.8. The van der Waals surface area contributed by atoms with Gasteiger partial charge in [0, 0.05) is 16.8 Å². The molecule has 1 aromatic carbocycles. The average molecular weight is 299 g/mol. The second-order valence-corrected chi connectivity index (χ2v) is 6.05. The zero-order valence-electron chi connectivity index (χ0n) is 12.1. The molecule has 2 aromatic heterocycles. The highest BCUT2D eigenvalue weighted by Crippen LogP contribution is 2.20. The molecular formula is C16H17N3OS. The van der Waals surface area contributed by atoms with Crippen LogP contribution in [0, 0.1) is 6.92 Å². The Morgan fingerprint density at radius 3 is 2.95 bits per heavy atom. The summed E-state index contributed by atoms with van der Waals surface area (Å²) >= 11 is 1.67. The maximum atomic E-state index is 12.7. The lowest BCUT2D eigenvalue weighted by atomic mass is 10.1. The molecule has 4 nitrogen and oxygen atoms in total. The maximum Gasteiger partial charge on any atom is 0.275 e. The van der Waals surface area contributed by atoms with Gasteiger partial charge in [0.1, 0.15) is 0 Å². The molecule has 0 fully saturated rings. The molecular weight excluding hydrogens is 282 g/mol. The number of aryl methyl sites for hydroxylation is 1. The van der Waals surface area contributed by atoms with Crippen LogP contribution in [0.2, 0.25) is 0 Å². The van der Waals surface area contributed by atoms with Gasteiger partial charge < -0.3 is 4.90 Å². The van der Waals surface area contributed by atoms with Crippen LogP contribution in [0.25, 0.3) is 10.9 Å². The highest BCUT2D eigenvalue weighted by Gasteiger charge is 2.20. The van der Waals surface area contributed by atoms with Gasteiger partial charge in [-0.25, -0.2) is 0 Å². The molecule has 2 heterocycles. The van der Waals surface area contributed by atoms with Crippen LogP contribution >= 0.6 is 11.3 Å². The highest BCUT2D eigenvalue weighted by atomic mass is 32.1. The van der Waals surface area contributed by atoms with Crippen molar-refractivity contribution in [3.05, 3.63) is 51.8 Å². The molecule has 0 aliphatic rings. The van der Waals surface area contributed by atoms with Gasteiger partial charge in [-0.1, -0.05) is 17.7 Å². The average Bonchev–Trinajstić information content (AvgIpc) is 3.13. The number of amides is 1. The molecule has 0 radical (unpaired) electrons. The van der Waals surface area contributed by atoms with E-state index in [1.54, 1.807) is 11.3 Å². The van der Waals surface area contributed by atoms with Crippen molar-refractivity contribution in [1.82, 2.24) is 15.1 Å². The van der Waals surface area contributed by atoms with E-state index >= 15 is 0 Å². The maximum absolute atomic E-state index is 12.7. The quantitative estimate of drug-likeness (QED) is 0.800. The standard InChI is InChI=1S/C16H17N3OS/c1-3-19(10-12-5-4-8-21-12)16(20)15-13-9-11(2)6-7-14(13)17-18-15/h4-9H,3,10H2,1-2H3,(H,17,18). The summed E-state index contributed by atoms with van der Waals surface area (Å²) in [4.78, 5) is 15.7. The Morgan fingerprint density at radius 2 is 2.24 bits per heavy atom. The number of nitrogens with one attached hydrogen (secondary N) is 1. The molecule has 0 spiro atoms. The highest BCUT2D eigenvalue weighted by molar-refractivity contribution is 7.09. The molecule has 21 heavy (non-hydrogen) atoms. The fraction of sp³-hybridized carbons (Fsp3) is 0.250. The SMILES string of the molecule is CCN(Cc1cccs1)C(=O)c1n[nH]c2ccc(C)cc12. The summed E-state index contributed by atoms with van der Waals surface area (Å²) in [6.07, 6.45) is 0. The van der Waals surface area contributed by atoms with Crippen molar-refractivity contribution < 1.29 is 4.79 Å². The van der Waals surface area contributed by atoms with E-state index in [0.717, 1.165) is 16.5 Å². The number of benzene rings is 1. The summed E-state index contributed by atoms with van der Waals surface area (Å²) in [5.41, 5.74) is 2.53. The van der Waals surface area contributed by atoms with E-state index in [-0.39, 0.29) is 5.91 Å². The first-order valence-electron chi connectivity index (χ1n) is 6.95. The Morgan fingerprint density at radius 1 is 1.38 bits per heavy atom. The molecule has 0 unspecified atom stereocenters. The number of nitrogens with zero attached hydrogens (tertiary/aromatic N) is 2. The molecule has 0 saturated carbocycles. The van der Waals surface area contributed by atoms with E-state index in [9.17, 15) is 4.79 Å². The van der Waals surface area contributed by atoms with Crippen LogP contribution in [0.4, 0.5) is 0 Å². The van der Waals surface area contributed by atoms with Crippen LogP contribution in [0.15, 0.2) is 35.7 Å². The monoisotopic (exact) mass is 299 g/mol. The van der Waals surface area contributed by atoms with Gasteiger partial charge in [-0.15, -0.1) is 11.3 Å². The summed E-state index contributed by atoms with van der Waals surface area (Å²) in [6.45, 7) is 5.31. The number of fused-ring (bicyclic) bond motifs is 1. The predicted octanol–water partition coefficient (Wildman–Crippen LogP) is 3.60. The lowest BCUT2D eigenvalue weighted by Gasteiger charge is -2.19. The van der Waals surface area contributed by atoms with Gasteiger partial charge >= 0.3 is 0 Å². The second kappa shape index (κ2) is 5.69. The molecule has 3 rings (SSSR count). The van der Waals surface area contributed by atoms with E-state index in [2.05, 4.69) is 10.2 Å². The lowest BCUT2D eigenvalue weighted by Crippen LogP contribution is -2.30. The molecule has 0 atom stereocenters. The zero-order valence-corrected chi connectivity index (χ0v) is 12.9. The largest absolute Gasteiger partial charge is 0.332 e. The van der Waals surface area contributed by atoms with Crippen molar-refractivity contribution in [2.24, 2.45) is 0 Å². The first-order chi connectivity index (χ1) is 10.2. The minimum absolute atomic E-state index is 0.0252. The van der Waals surface area contributed by atoms with Gasteiger partial charge in [-0.05, 0) is 37.4 Å². The molecule has 0 saturated heterocycles. The molecule has 1 N–H and O–H groups in total. The molecule has 0 aliphatic carbocycles. The zero-order chi connectivity index (χ0) is 14.8. The number of rotatable bonds is 4. The fourth-order valence-electron chi connectivity index (χ4n) is 2.36. The van der Waals surface area contributed by atoms with Gasteiger partial charge in [0.05, 0.1) is 12.1 Å². The van der Waals surface area contributed by atoms with Gasteiger partial charge in [0.2, 0.25) is 0 Å². The van der Waals surface area contributed by atoms with Gasteiger partial charge in [0.25, 0.3) is 5.91 Å². The summed E-state index contributed by atoms with van der Waals surface area (Å²) in [6, 6.07) is 10.0. The number of aromatic amines is 1. The first-order valence-corrected chi connectivity index (χ1v) is 7.83. The number of carbonyl (C=O) groups is 1. The molecule has 108 valence electrons. The van der Waals surface area contributed by atoms with E-state index in [1.165, 1.54) is 4.88 Å². The van der Waals surface area contributed by atoms with E-state index in [0.29, 0.717) is 18.8 Å². The molecule has 0 aliphatic heterocycles. The number of hydrogen-bond acceptors (Lipinski definition) is 3. The third-order valence-electron chi connectivity index (χ3n) is 3.52. The fourth-order valence-corrected chi connectivity index (χ4v) is 3.08. The molecule has 3 aromatic rings. The lowest BCUT2D eigenvalue weighted by molar-refractivity contribution is 0.0750. The Bertz CT molecular complexity index is 761.